The molecule has 1 heterocycles. The van der Waals surface area contributed by atoms with E-state index in [2.05, 4.69) is 5.32 Å². The van der Waals surface area contributed by atoms with Crippen molar-refractivity contribution in [2.24, 2.45) is 5.92 Å². The number of aryl methyl sites for hydroxylation is 1. The van der Waals surface area contributed by atoms with Crippen molar-refractivity contribution in [1.82, 2.24) is 9.80 Å². The predicted molar refractivity (Wildman–Crippen MR) is 127 cm³/mol. The normalized spacial score (nSPS) is 14.2. The number of piperidine rings is 1. The fourth-order valence-corrected chi connectivity index (χ4v) is 4.11. The minimum atomic E-state index is -0.312. The lowest BCUT2D eigenvalue weighted by atomic mass is 9.95. The van der Waals surface area contributed by atoms with Gasteiger partial charge in [0.05, 0.1) is 16.6 Å². The Morgan fingerprint density at radius 3 is 2.38 bits per heavy atom. The quantitative estimate of drug-likeness (QED) is 0.649. The van der Waals surface area contributed by atoms with Crippen molar-refractivity contribution in [3.8, 4) is 0 Å². The number of carbonyl (C=O) groups excluding carboxylic acids is 3. The number of halogens is 2. The molecule has 170 valence electrons. The van der Waals surface area contributed by atoms with Crippen LogP contribution in [-0.4, -0.2) is 54.2 Å². The van der Waals surface area contributed by atoms with Gasteiger partial charge >= 0.3 is 0 Å². The summed E-state index contributed by atoms with van der Waals surface area (Å²) in [5.41, 5.74) is 1.67. The van der Waals surface area contributed by atoms with Crippen LogP contribution < -0.4 is 5.32 Å². The van der Waals surface area contributed by atoms with Gasteiger partial charge in [-0.3, -0.25) is 14.4 Å². The number of carbonyl (C=O) groups is 3. The molecule has 0 aliphatic carbocycles. The molecule has 1 N–H and O–H groups in total. The minimum Gasteiger partial charge on any atom is -0.343 e. The molecule has 3 rings (SSSR count). The van der Waals surface area contributed by atoms with E-state index in [9.17, 15) is 14.4 Å². The van der Waals surface area contributed by atoms with Crippen molar-refractivity contribution in [3.63, 3.8) is 0 Å². The minimum absolute atomic E-state index is 0.0602. The number of hydrogen-bond donors (Lipinski definition) is 1. The average Bonchev–Trinajstić information content (AvgIpc) is 2.80. The summed E-state index contributed by atoms with van der Waals surface area (Å²) >= 11 is 11.8. The maximum absolute atomic E-state index is 12.8. The molecule has 2 aromatic carbocycles. The lowest BCUT2D eigenvalue weighted by Gasteiger charge is -2.33. The third kappa shape index (κ3) is 6.71. The van der Waals surface area contributed by atoms with Gasteiger partial charge in [0.2, 0.25) is 17.7 Å². The van der Waals surface area contributed by atoms with Crippen LogP contribution in [0.15, 0.2) is 48.5 Å². The number of benzene rings is 2. The lowest BCUT2D eigenvalue weighted by molar-refractivity contribution is -0.141. The van der Waals surface area contributed by atoms with Crippen LogP contribution in [0.3, 0.4) is 0 Å². The Kier molecular flexibility index (Phi) is 8.53. The summed E-state index contributed by atoms with van der Waals surface area (Å²) in [6.45, 7) is 1.07. The van der Waals surface area contributed by atoms with Gasteiger partial charge in [0.15, 0.2) is 0 Å². The molecule has 0 radical (unpaired) electrons. The molecule has 1 saturated heterocycles. The maximum atomic E-state index is 12.8. The Bertz CT molecular complexity index is 960. The number of anilines is 1. The summed E-state index contributed by atoms with van der Waals surface area (Å²) < 4.78 is 0. The van der Waals surface area contributed by atoms with Gasteiger partial charge in [-0.15, -0.1) is 0 Å². The van der Waals surface area contributed by atoms with Gasteiger partial charge in [-0.25, -0.2) is 0 Å². The van der Waals surface area contributed by atoms with E-state index in [1.165, 1.54) is 4.90 Å². The number of hydrogen-bond acceptors (Lipinski definition) is 3. The molecule has 8 heteroatoms. The SMILES string of the molecule is CN(CC(=O)Nc1ccc(Cl)c(Cl)c1)C(=O)C1CCN(C(=O)CCc2ccccc2)CC1. The molecule has 0 bridgehead atoms. The van der Waals surface area contributed by atoms with Crippen molar-refractivity contribution >= 4 is 46.6 Å². The second-order valence-corrected chi connectivity index (χ2v) is 8.83. The Morgan fingerprint density at radius 2 is 1.72 bits per heavy atom. The van der Waals surface area contributed by atoms with Crippen LogP contribution in [-0.2, 0) is 20.8 Å². The van der Waals surface area contributed by atoms with Gasteiger partial charge < -0.3 is 15.1 Å². The summed E-state index contributed by atoms with van der Waals surface area (Å²) in [5, 5.41) is 3.47. The van der Waals surface area contributed by atoms with Crippen molar-refractivity contribution in [2.75, 3.05) is 32.0 Å². The molecular weight excluding hydrogens is 449 g/mol. The van der Waals surface area contributed by atoms with Crippen molar-refractivity contribution in [2.45, 2.75) is 25.7 Å². The van der Waals surface area contributed by atoms with Crippen LogP contribution in [0.5, 0.6) is 0 Å². The summed E-state index contributed by atoms with van der Waals surface area (Å²) in [4.78, 5) is 40.9. The molecule has 1 aliphatic heterocycles. The average molecular weight is 476 g/mol. The smallest absolute Gasteiger partial charge is 0.243 e. The molecule has 1 aliphatic rings. The van der Waals surface area contributed by atoms with E-state index in [1.54, 1.807) is 25.2 Å². The van der Waals surface area contributed by atoms with Crippen LogP contribution in [0, 0.1) is 5.92 Å². The van der Waals surface area contributed by atoms with E-state index in [1.807, 2.05) is 35.2 Å². The second kappa shape index (κ2) is 11.3. The largest absolute Gasteiger partial charge is 0.343 e. The zero-order valence-electron chi connectivity index (χ0n) is 18.0. The van der Waals surface area contributed by atoms with Gasteiger partial charge in [0, 0.05) is 38.2 Å². The number of nitrogens with one attached hydrogen (secondary N) is 1. The summed E-state index contributed by atoms with van der Waals surface area (Å²) in [5.74, 6) is -0.455. The van der Waals surface area contributed by atoms with Crippen LogP contribution in [0.2, 0.25) is 10.0 Å². The molecule has 6 nitrogen and oxygen atoms in total. The van der Waals surface area contributed by atoms with Crippen molar-refractivity contribution in [3.05, 3.63) is 64.1 Å². The number of nitrogens with zero attached hydrogens (tertiary/aromatic N) is 2. The summed E-state index contributed by atoms with van der Waals surface area (Å²) in [7, 11) is 1.62. The van der Waals surface area contributed by atoms with Gasteiger partial charge in [-0.05, 0) is 43.0 Å². The fraction of sp³-hybridized carbons (Fsp3) is 0.375. The van der Waals surface area contributed by atoms with Gasteiger partial charge in [-0.2, -0.15) is 0 Å². The Balaban J connectivity index is 1.42. The number of likely N-dealkylation sites (N-methyl/N-ethyl adjacent to an activating group) is 1. The highest BCUT2D eigenvalue weighted by Crippen LogP contribution is 2.25. The third-order valence-corrected chi connectivity index (χ3v) is 6.37. The first kappa shape index (κ1) is 24.1. The maximum Gasteiger partial charge on any atom is 0.243 e. The predicted octanol–water partition coefficient (Wildman–Crippen LogP) is 4.26. The molecule has 0 unspecified atom stereocenters. The van der Waals surface area contributed by atoms with E-state index in [0.717, 1.165) is 12.0 Å². The van der Waals surface area contributed by atoms with Crippen LogP contribution in [0.1, 0.15) is 24.8 Å². The Hall–Kier alpha value is -2.57. The molecule has 0 atom stereocenters. The van der Waals surface area contributed by atoms with E-state index in [0.29, 0.717) is 48.1 Å². The van der Waals surface area contributed by atoms with Crippen LogP contribution in [0.25, 0.3) is 0 Å². The number of rotatable bonds is 7. The first-order valence-corrected chi connectivity index (χ1v) is 11.4. The van der Waals surface area contributed by atoms with Crippen molar-refractivity contribution in [1.29, 1.82) is 0 Å². The topological polar surface area (TPSA) is 69.7 Å². The number of amides is 3. The summed E-state index contributed by atoms with van der Waals surface area (Å²) in [6.07, 6.45) is 2.40. The van der Waals surface area contributed by atoms with Gasteiger partial charge in [0.1, 0.15) is 0 Å². The monoisotopic (exact) mass is 475 g/mol. The molecule has 0 aromatic heterocycles. The highest BCUT2D eigenvalue weighted by atomic mass is 35.5. The van der Waals surface area contributed by atoms with Gasteiger partial charge in [-0.1, -0.05) is 53.5 Å². The molecule has 0 saturated carbocycles. The first-order valence-electron chi connectivity index (χ1n) is 10.6. The van der Waals surface area contributed by atoms with E-state index >= 15 is 0 Å². The van der Waals surface area contributed by atoms with E-state index in [-0.39, 0.29) is 30.2 Å². The van der Waals surface area contributed by atoms with Gasteiger partial charge in [0.25, 0.3) is 0 Å². The highest BCUT2D eigenvalue weighted by molar-refractivity contribution is 6.42. The summed E-state index contributed by atoms with van der Waals surface area (Å²) in [6, 6.07) is 14.8. The molecule has 1 fully saturated rings. The zero-order chi connectivity index (χ0) is 23.1. The van der Waals surface area contributed by atoms with Crippen LogP contribution in [0.4, 0.5) is 5.69 Å². The Labute approximate surface area is 198 Å². The Morgan fingerprint density at radius 1 is 1.03 bits per heavy atom. The van der Waals surface area contributed by atoms with E-state index in [4.69, 9.17) is 23.2 Å². The molecule has 3 amide bonds. The third-order valence-electron chi connectivity index (χ3n) is 5.63. The van der Waals surface area contributed by atoms with Crippen molar-refractivity contribution < 1.29 is 14.4 Å². The van der Waals surface area contributed by atoms with Crippen LogP contribution >= 0.6 is 23.2 Å². The second-order valence-electron chi connectivity index (χ2n) is 8.01. The standard InChI is InChI=1S/C24H27Cl2N3O3/c1-28(16-22(30)27-19-8-9-20(25)21(26)15-19)24(32)18-11-13-29(14-12-18)23(31)10-7-17-5-3-2-4-6-17/h2-6,8-9,15,18H,7,10-14,16H2,1H3,(H,27,30). The lowest BCUT2D eigenvalue weighted by Crippen LogP contribution is -2.45. The highest BCUT2D eigenvalue weighted by Gasteiger charge is 2.29. The zero-order valence-corrected chi connectivity index (χ0v) is 19.5. The van der Waals surface area contributed by atoms with E-state index < -0.39 is 0 Å². The first-order chi connectivity index (χ1) is 15.3. The molecular formula is C24H27Cl2N3O3. The molecule has 32 heavy (non-hydrogen) atoms. The number of likely N-dealkylation sites (tertiary alicyclic amines) is 1. The fourth-order valence-electron chi connectivity index (χ4n) is 3.81. The molecule has 0 spiro atoms. The molecule has 2 aromatic rings.